The Kier molecular flexibility index (Phi) is 3.67. The highest BCUT2D eigenvalue weighted by molar-refractivity contribution is 5.40. The Labute approximate surface area is 110 Å². The molecular weight excluding hydrogens is 222 g/mol. The van der Waals surface area contributed by atoms with Gasteiger partial charge in [-0.2, -0.15) is 0 Å². The largest absolute Gasteiger partial charge is 0.396 e. The molecule has 0 amide bonds. The second-order valence-corrected chi connectivity index (χ2v) is 5.76. The molecule has 1 aromatic rings. The topological polar surface area (TPSA) is 23.5 Å². The SMILES string of the molecule is OCCCC1CCCN1CC1Cc2ccccc21. The fourth-order valence-corrected chi connectivity index (χ4v) is 3.60. The number of aliphatic hydroxyl groups is 1. The van der Waals surface area contributed by atoms with E-state index >= 15 is 0 Å². The summed E-state index contributed by atoms with van der Waals surface area (Å²) in [4.78, 5) is 2.66. The van der Waals surface area contributed by atoms with Gasteiger partial charge in [0.05, 0.1) is 0 Å². The Morgan fingerprint density at radius 2 is 2.17 bits per heavy atom. The van der Waals surface area contributed by atoms with Gasteiger partial charge in [0.25, 0.3) is 0 Å². The molecule has 1 aromatic carbocycles. The molecule has 1 aliphatic carbocycles. The van der Waals surface area contributed by atoms with Crippen molar-refractivity contribution in [2.24, 2.45) is 0 Å². The van der Waals surface area contributed by atoms with E-state index in [4.69, 9.17) is 5.11 Å². The van der Waals surface area contributed by atoms with Gasteiger partial charge in [0.1, 0.15) is 0 Å². The van der Waals surface area contributed by atoms with E-state index in [-0.39, 0.29) is 0 Å². The van der Waals surface area contributed by atoms with Gasteiger partial charge < -0.3 is 5.11 Å². The van der Waals surface area contributed by atoms with Gasteiger partial charge in [0.2, 0.25) is 0 Å². The monoisotopic (exact) mass is 245 g/mol. The fourth-order valence-electron chi connectivity index (χ4n) is 3.60. The van der Waals surface area contributed by atoms with Crippen LogP contribution in [0.1, 0.15) is 42.7 Å². The number of hydrogen-bond acceptors (Lipinski definition) is 2. The number of likely N-dealkylation sites (tertiary alicyclic amines) is 1. The predicted molar refractivity (Wildman–Crippen MR) is 73.8 cm³/mol. The van der Waals surface area contributed by atoms with E-state index in [0.717, 1.165) is 18.4 Å². The van der Waals surface area contributed by atoms with Crippen molar-refractivity contribution < 1.29 is 5.11 Å². The van der Waals surface area contributed by atoms with E-state index < -0.39 is 0 Å². The Hall–Kier alpha value is -0.860. The highest BCUT2D eigenvalue weighted by atomic mass is 16.2. The number of nitrogens with zero attached hydrogens (tertiary/aromatic N) is 1. The summed E-state index contributed by atoms with van der Waals surface area (Å²) in [6, 6.07) is 9.60. The lowest BCUT2D eigenvalue weighted by molar-refractivity contribution is 0.202. The maximum atomic E-state index is 8.96. The summed E-state index contributed by atoms with van der Waals surface area (Å²) >= 11 is 0. The molecule has 2 heteroatoms. The van der Waals surface area contributed by atoms with Gasteiger partial charge in [0, 0.05) is 25.1 Å². The molecule has 1 heterocycles. The minimum Gasteiger partial charge on any atom is -0.396 e. The van der Waals surface area contributed by atoms with Crippen molar-refractivity contribution in [2.45, 2.75) is 44.1 Å². The molecule has 1 fully saturated rings. The zero-order valence-corrected chi connectivity index (χ0v) is 11.0. The van der Waals surface area contributed by atoms with Gasteiger partial charge in [-0.05, 0) is 49.8 Å². The van der Waals surface area contributed by atoms with Crippen LogP contribution < -0.4 is 0 Å². The fraction of sp³-hybridized carbons (Fsp3) is 0.625. The van der Waals surface area contributed by atoms with Gasteiger partial charge in [-0.3, -0.25) is 4.90 Å². The molecule has 1 N–H and O–H groups in total. The van der Waals surface area contributed by atoms with Crippen LogP contribution in [0.25, 0.3) is 0 Å². The van der Waals surface area contributed by atoms with Crippen molar-refractivity contribution in [3.8, 4) is 0 Å². The minimum atomic E-state index is 0.344. The lowest BCUT2D eigenvalue weighted by Gasteiger charge is -2.35. The van der Waals surface area contributed by atoms with Gasteiger partial charge in [-0.15, -0.1) is 0 Å². The average Bonchev–Trinajstić information content (AvgIpc) is 2.81. The molecular formula is C16H23NO. The molecule has 2 nitrogen and oxygen atoms in total. The quantitative estimate of drug-likeness (QED) is 0.862. The number of benzene rings is 1. The first kappa shape index (κ1) is 12.2. The average molecular weight is 245 g/mol. The Bertz CT molecular complexity index is 404. The Morgan fingerprint density at radius 3 is 3.00 bits per heavy atom. The summed E-state index contributed by atoms with van der Waals surface area (Å²) < 4.78 is 0. The van der Waals surface area contributed by atoms with Crippen LogP contribution in [0, 0.1) is 0 Å². The lowest BCUT2D eigenvalue weighted by atomic mass is 9.77. The van der Waals surface area contributed by atoms with E-state index in [9.17, 15) is 0 Å². The number of aliphatic hydroxyl groups excluding tert-OH is 1. The second-order valence-electron chi connectivity index (χ2n) is 5.76. The first-order valence-corrected chi connectivity index (χ1v) is 7.31. The summed E-state index contributed by atoms with van der Waals surface area (Å²) in [7, 11) is 0. The molecule has 0 aromatic heterocycles. The molecule has 0 saturated carbocycles. The van der Waals surface area contributed by atoms with E-state index in [2.05, 4.69) is 29.2 Å². The van der Waals surface area contributed by atoms with Crippen molar-refractivity contribution in [2.75, 3.05) is 19.7 Å². The first-order chi connectivity index (χ1) is 8.88. The molecule has 0 radical (unpaired) electrons. The van der Waals surface area contributed by atoms with Crippen molar-refractivity contribution >= 4 is 0 Å². The van der Waals surface area contributed by atoms with Crippen molar-refractivity contribution in [1.29, 1.82) is 0 Å². The maximum absolute atomic E-state index is 8.96. The molecule has 2 aliphatic rings. The zero-order valence-electron chi connectivity index (χ0n) is 11.0. The third kappa shape index (κ3) is 2.32. The van der Waals surface area contributed by atoms with E-state index in [1.54, 1.807) is 11.1 Å². The molecule has 98 valence electrons. The van der Waals surface area contributed by atoms with Crippen LogP contribution in [0.15, 0.2) is 24.3 Å². The predicted octanol–water partition coefficient (Wildman–Crippen LogP) is 2.56. The third-order valence-electron chi connectivity index (χ3n) is 4.61. The van der Waals surface area contributed by atoms with E-state index in [0.29, 0.717) is 6.61 Å². The third-order valence-corrected chi connectivity index (χ3v) is 4.61. The smallest absolute Gasteiger partial charge is 0.0431 e. The van der Waals surface area contributed by atoms with Crippen molar-refractivity contribution in [3.63, 3.8) is 0 Å². The van der Waals surface area contributed by atoms with Crippen LogP contribution in [0.2, 0.25) is 0 Å². The van der Waals surface area contributed by atoms with Crippen LogP contribution in [0.5, 0.6) is 0 Å². The van der Waals surface area contributed by atoms with Crippen LogP contribution in [-0.2, 0) is 6.42 Å². The van der Waals surface area contributed by atoms with Crippen LogP contribution >= 0.6 is 0 Å². The van der Waals surface area contributed by atoms with Crippen molar-refractivity contribution in [3.05, 3.63) is 35.4 Å². The molecule has 3 rings (SSSR count). The van der Waals surface area contributed by atoms with Gasteiger partial charge in [0.15, 0.2) is 0 Å². The Balaban J connectivity index is 1.57. The molecule has 1 saturated heterocycles. The number of fused-ring (bicyclic) bond motifs is 1. The second kappa shape index (κ2) is 5.41. The standard InChI is InChI=1S/C16H23NO/c18-10-4-7-15-6-3-9-17(15)12-14-11-13-5-1-2-8-16(13)14/h1-2,5,8,14-15,18H,3-4,6-7,9-12H2. The first-order valence-electron chi connectivity index (χ1n) is 7.31. The molecule has 1 aliphatic heterocycles. The normalized spacial score (nSPS) is 26.9. The number of rotatable bonds is 5. The summed E-state index contributed by atoms with van der Waals surface area (Å²) in [5, 5.41) is 8.96. The molecule has 2 unspecified atom stereocenters. The van der Waals surface area contributed by atoms with Crippen LogP contribution in [0.4, 0.5) is 0 Å². The van der Waals surface area contributed by atoms with Gasteiger partial charge in [-0.25, -0.2) is 0 Å². The molecule has 0 spiro atoms. The molecule has 2 atom stereocenters. The minimum absolute atomic E-state index is 0.344. The number of hydrogen-bond donors (Lipinski definition) is 1. The van der Waals surface area contributed by atoms with Crippen LogP contribution in [0.3, 0.4) is 0 Å². The van der Waals surface area contributed by atoms with Gasteiger partial charge in [-0.1, -0.05) is 24.3 Å². The summed E-state index contributed by atoms with van der Waals surface area (Å²) in [5.41, 5.74) is 3.12. The van der Waals surface area contributed by atoms with Gasteiger partial charge >= 0.3 is 0 Å². The zero-order chi connectivity index (χ0) is 12.4. The van der Waals surface area contributed by atoms with Crippen LogP contribution in [-0.4, -0.2) is 35.7 Å². The van der Waals surface area contributed by atoms with Crippen molar-refractivity contribution in [1.82, 2.24) is 4.90 Å². The van der Waals surface area contributed by atoms with E-state index in [1.807, 2.05) is 0 Å². The molecule has 0 bridgehead atoms. The van der Waals surface area contributed by atoms with E-state index in [1.165, 1.54) is 38.8 Å². The molecule has 18 heavy (non-hydrogen) atoms. The summed E-state index contributed by atoms with van der Waals surface area (Å²) in [6.07, 6.45) is 6.06. The summed E-state index contributed by atoms with van der Waals surface area (Å²) in [6.45, 7) is 2.83. The highest BCUT2D eigenvalue weighted by Crippen LogP contribution is 2.37. The Morgan fingerprint density at radius 1 is 1.28 bits per heavy atom. The summed E-state index contributed by atoms with van der Waals surface area (Å²) in [5.74, 6) is 0.760. The maximum Gasteiger partial charge on any atom is 0.0431 e. The lowest BCUT2D eigenvalue weighted by Crippen LogP contribution is -2.36. The highest BCUT2D eigenvalue weighted by Gasteiger charge is 2.31.